The van der Waals surface area contributed by atoms with Gasteiger partial charge in [0.25, 0.3) is 11.7 Å². The molecule has 4 rings (SSSR count). The number of carbonyl (C=O) groups excluding carboxylic acids is 2. The molecular weight excluding hydrogens is 398 g/mol. The Morgan fingerprint density at radius 3 is 2.68 bits per heavy atom. The molecule has 8 nitrogen and oxygen atoms in total. The van der Waals surface area contributed by atoms with Gasteiger partial charge in [-0.2, -0.15) is 0 Å². The molecule has 31 heavy (non-hydrogen) atoms. The maximum atomic E-state index is 13.0. The molecule has 2 aliphatic heterocycles. The Hall–Kier alpha value is -3.23. The number of nitrogens with zero attached hydrogens (tertiary/aromatic N) is 3. The predicted octanol–water partition coefficient (Wildman–Crippen LogP) is 1.84. The van der Waals surface area contributed by atoms with Crippen molar-refractivity contribution in [3.8, 4) is 5.75 Å². The normalized spacial score (nSPS) is 21.5. The monoisotopic (exact) mass is 423 g/mol. The Morgan fingerprint density at radius 2 is 1.97 bits per heavy atom. The van der Waals surface area contributed by atoms with Crippen LogP contribution in [0.1, 0.15) is 17.3 Å². The van der Waals surface area contributed by atoms with Crippen molar-refractivity contribution >= 4 is 17.4 Å². The number of methoxy groups -OCH3 is 1. The molecular formula is C23H25N3O5. The van der Waals surface area contributed by atoms with E-state index >= 15 is 0 Å². The molecule has 1 N–H and O–H groups in total. The minimum atomic E-state index is -0.756. The number of likely N-dealkylation sites (tertiary alicyclic amines) is 1. The molecule has 0 unspecified atom stereocenters. The lowest BCUT2D eigenvalue weighted by atomic mass is 9.98. The number of pyridine rings is 1. The van der Waals surface area contributed by atoms with Gasteiger partial charge in [0.05, 0.1) is 31.6 Å². The highest BCUT2D eigenvalue weighted by Gasteiger charge is 2.46. The standard InChI is InChI=1S/C23H25N3O5/c1-30-17-6-4-5-16(15-17)21(27)19-20(18-7-2-3-8-24-18)26(23(29)22(19)28)10-9-25-11-13-31-14-12-25/h2-8,15,20,27H,9-14H2,1H3/t20-/m1/s1. The second-order valence-corrected chi connectivity index (χ2v) is 7.43. The number of ketones is 1. The summed E-state index contributed by atoms with van der Waals surface area (Å²) in [5.41, 5.74) is 0.985. The van der Waals surface area contributed by atoms with Crippen LogP contribution in [0.4, 0.5) is 0 Å². The van der Waals surface area contributed by atoms with Crippen LogP contribution in [0, 0.1) is 0 Å². The van der Waals surface area contributed by atoms with Gasteiger partial charge in [0.15, 0.2) is 0 Å². The summed E-state index contributed by atoms with van der Waals surface area (Å²) in [5, 5.41) is 11.1. The van der Waals surface area contributed by atoms with E-state index in [2.05, 4.69) is 9.88 Å². The number of amides is 1. The number of aromatic nitrogens is 1. The molecule has 162 valence electrons. The van der Waals surface area contributed by atoms with E-state index in [0.717, 1.165) is 13.1 Å². The number of hydrogen-bond donors (Lipinski definition) is 1. The van der Waals surface area contributed by atoms with Crippen molar-refractivity contribution in [3.63, 3.8) is 0 Å². The third-order valence-corrected chi connectivity index (χ3v) is 5.61. The minimum absolute atomic E-state index is 0.0407. The van der Waals surface area contributed by atoms with Crippen molar-refractivity contribution in [2.75, 3.05) is 46.5 Å². The van der Waals surface area contributed by atoms with Gasteiger partial charge in [0, 0.05) is 37.9 Å². The van der Waals surface area contributed by atoms with Crippen LogP contribution >= 0.6 is 0 Å². The number of aliphatic hydroxyl groups is 1. The first-order valence-electron chi connectivity index (χ1n) is 10.2. The Labute approximate surface area is 180 Å². The van der Waals surface area contributed by atoms with Crippen LogP contribution in [0.3, 0.4) is 0 Å². The predicted molar refractivity (Wildman–Crippen MR) is 113 cm³/mol. The second kappa shape index (κ2) is 9.28. The topological polar surface area (TPSA) is 92.2 Å². The lowest BCUT2D eigenvalue weighted by molar-refractivity contribution is -0.140. The minimum Gasteiger partial charge on any atom is -0.507 e. The first-order chi connectivity index (χ1) is 15.1. The van der Waals surface area contributed by atoms with E-state index in [1.807, 2.05) is 0 Å². The van der Waals surface area contributed by atoms with Gasteiger partial charge in [0.2, 0.25) is 0 Å². The highest BCUT2D eigenvalue weighted by Crippen LogP contribution is 2.38. The molecule has 2 saturated heterocycles. The maximum Gasteiger partial charge on any atom is 0.295 e. The SMILES string of the molecule is COc1cccc(C(O)=C2C(=O)C(=O)N(CCN3CCOCC3)[C@@H]2c2ccccn2)c1. The summed E-state index contributed by atoms with van der Waals surface area (Å²) >= 11 is 0. The number of benzene rings is 1. The van der Waals surface area contributed by atoms with Crippen molar-refractivity contribution in [1.29, 1.82) is 0 Å². The molecule has 1 atom stereocenters. The van der Waals surface area contributed by atoms with Crippen LogP contribution in [-0.4, -0.2) is 78.1 Å². The van der Waals surface area contributed by atoms with E-state index < -0.39 is 17.7 Å². The fourth-order valence-corrected chi connectivity index (χ4v) is 3.96. The number of hydrogen-bond acceptors (Lipinski definition) is 7. The molecule has 1 amide bonds. The average molecular weight is 423 g/mol. The van der Waals surface area contributed by atoms with Crippen molar-refractivity contribution < 1.29 is 24.2 Å². The van der Waals surface area contributed by atoms with E-state index in [9.17, 15) is 14.7 Å². The Bertz CT molecular complexity index is 986. The van der Waals surface area contributed by atoms with Crippen LogP contribution in [0.5, 0.6) is 5.75 Å². The van der Waals surface area contributed by atoms with Gasteiger partial charge in [0.1, 0.15) is 17.6 Å². The summed E-state index contributed by atoms with van der Waals surface area (Å²) in [6.45, 7) is 3.82. The van der Waals surface area contributed by atoms with Gasteiger partial charge in [-0.05, 0) is 24.3 Å². The number of carbonyl (C=O) groups is 2. The van der Waals surface area contributed by atoms with Gasteiger partial charge in [-0.25, -0.2) is 0 Å². The summed E-state index contributed by atoms with van der Waals surface area (Å²) in [5.74, 6) is -1.03. The second-order valence-electron chi connectivity index (χ2n) is 7.43. The molecule has 0 bridgehead atoms. The molecule has 2 fully saturated rings. The third kappa shape index (κ3) is 4.30. The van der Waals surface area contributed by atoms with Gasteiger partial charge in [-0.3, -0.25) is 19.5 Å². The molecule has 0 radical (unpaired) electrons. The van der Waals surface area contributed by atoms with E-state index in [4.69, 9.17) is 9.47 Å². The van der Waals surface area contributed by atoms with E-state index in [0.29, 0.717) is 43.3 Å². The molecule has 1 aromatic heterocycles. The molecule has 2 aromatic rings. The van der Waals surface area contributed by atoms with Crippen molar-refractivity contribution in [1.82, 2.24) is 14.8 Å². The van der Waals surface area contributed by atoms with Crippen LogP contribution in [-0.2, 0) is 14.3 Å². The van der Waals surface area contributed by atoms with Gasteiger partial charge < -0.3 is 19.5 Å². The van der Waals surface area contributed by atoms with Crippen molar-refractivity contribution in [3.05, 3.63) is 65.5 Å². The summed E-state index contributed by atoms with van der Waals surface area (Å²) < 4.78 is 10.6. The number of aliphatic hydroxyl groups excluding tert-OH is 1. The van der Waals surface area contributed by atoms with Crippen molar-refractivity contribution in [2.45, 2.75) is 6.04 Å². The number of ether oxygens (including phenoxy) is 2. The van der Waals surface area contributed by atoms with Crippen LogP contribution in [0.25, 0.3) is 5.76 Å². The molecule has 3 heterocycles. The quantitative estimate of drug-likeness (QED) is 0.431. The maximum absolute atomic E-state index is 13.0. The summed E-state index contributed by atoms with van der Waals surface area (Å²) in [7, 11) is 1.53. The van der Waals surface area contributed by atoms with Gasteiger partial charge in [-0.15, -0.1) is 0 Å². The highest BCUT2D eigenvalue weighted by molar-refractivity contribution is 6.46. The molecule has 8 heteroatoms. The number of morpholine rings is 1. The lowest BCUT2D eigenvalue weighted by Gasteiger charge is -2.30. The van der Waals surface area contributed by atoms with Crippen molar-refractivity contribution in [2.24, 2.45) is 0 Å². The number of Topliss-reactive ketones (excluding diaryl/α,β-unsaturated/α-hetero) is 1. The van der Waals surface area contributed by atoms with E-state index in [1.54, 1.807) is 48.7 Å². The smallest absolute Gasteiger partial charge is 0.295 e. The zero-order valence-corrected chi connectivity index (χ0v) is 17.4. The first-order valence-corrected chi connectivity index (χ1v) is 10.2. The zero-order chi connectivity index (χ0) is 21.8. The Balaban J connectivity index is 1.72. The highest BCUT2D eigenvalue weighted by atomic mass is 16.5. The largest absolute Gasteiger partial charge is 0.507 e. The molecule has 1 aromatic carbocycles. The summed E-state index contributed by atoms with van der Waals surface area (Å²) in [4.78, 5) is 34.1. The fraction of sp³-hybridized carbons (Fsp3) is 0.348. The Morgan fingerprint density at radius 1 is 1.16 bits per heavy atom. The molecule has 0 aliphatic carbocycles. The van der Waals surface area contributed by atoms with Crippen LogP contribution < -0.4 is 4.74 Å². The lowest BCUT2D eigenvalue weighted by Crippen LogP contribution is -2.42. The van der Waals surface area contributed by atoms with Gasteiger partial charge >= 0.3 is 0 Å². The zero-order valence-electron chi connectivity index (χ0n) is 17.4. The molecule has 2 aliphatic rings. The molecule has 0 spiro atoms. The van der Waals surface area contributed by atoms with E-state index in [1.165, 1.54) is 12.0 Å². The fourth-order valence-electron chi connectivity index (χ4n) is 3.96. The third-order valence-electron chi connectivity index (χ3n) is 5.61. The number of rotatable bonds is 6. The summed E-state index contributed by atoms with van der Waals surface area (Å²) in [6.07, 6.45) is 1.61. The Kier molecular flexibility index (Phi) is 6.29. The molecule has 0 saturated carbocycles. The van der Waals surface area contributed by atoms with Crippen LogP contribution in [0.2, 0.25) is 0 Å². The van der Waals surface area contributed by atoms with Gasteiger partial charge in [-0.1, -0.05) is 18.2 Å². The average Bonchev–Trinajstić information content (AvgIpc) is 3.08. The van der Waals surface area contributed by atoms with E-state index in [-0.39, 0.29) is 11.3 Å². The summed E-state index contributed by atoms with van der Waals surface area (Å²) in [6, 6.07) is 11.3. The van der Waals surface area contributed by atoms with Crippen LogP contribution in [0.15, 0.2) is 54.2 Å². The first kappa shape index (κ1) is 21.0.